The summed E-state index contributed by atoms with van der Waals surface area (Å²) in [4.78, 5) is 25.1. The van der Waals surface area contributed by atoms with Gasteiger partial charge in [-0.05, 0) is 12.1 Å². The van der Waals surface area contributed by atoms with Gasteiger partial charge >= 0.3 is 5.69 Å². The minimum Gasteiger partial charge on any atom is -0.495 e. The molecule has 1 aromatic carbocycles. The Bertz CT molecular complexity index is 786. The molecular formula is C12H8ClN3O3. The second-order valence-electron chi connectivity index (χ2n) is 3.60. The van der Waals surface area contributed by atoms with Gasteiger partial charge in [0.25, 0.3) is 5.56 Å². The van der Waals surface area contributed by atoms with Gasteiger partial charge < -0.3 is 4.74 Å². The van der Waals surface area contributed by atoms with Crippen molar-refractivity contribution in [1.82, 2.24) is 9.55 Å². The molecule has 0 aliphatic carbocycles. The van der Waals surface area contributed by atoms with Crippen LogP contribution in [0.1, 0.15) is 5.56 Å². The lowest BCUT2D eigenvalue weighted by atomic mass is 10.3. The van der Waals surface area contributed by atoms with Gasteiger partial charge in [-0.2, -0.15) is 5.26 Å². The molecule has 0 aliphatic rings. The van der Waals surface area contributed by atoms with Gasteiger partial charge in [0.05, 0.1) is 17.8 Å². The number of ether oxygens (including phenoxy) is 1. The zero-order valence-corrected chi connectivity index (χ0v) is 10.6. The quantitative estimate of drug-likeness (QED) is 0.889. The fraction of sp³-hybridized carbons (Fsp3) is 0.0833. The highest BCUT2D eigenvalue weighted by Gasteiger charge is 2.08. The van der Waals surface area contributed by atoms with Crippen LogP contribution in [0.15, 0.2) is 34.0 Å². The van der Waals surface area contributed by atoms with Crippen LogP contribution < -0.4 is 16.0 Å². The highest BCUT2D eigenvalue weighted by Crippen LogP contribution is 2.26. The van der Waals surface area contributed by atoms with Crippen molar-refractivity contribution in [2.24, 2.45) is 0 Å². The number of hydrogen-bond acceptors (Lipinski definition) is 4. The fourth-order valence-corrected chi connectivity index (χ4v) is 1.74. The summed E-state index contributed by atoms with van der Waals surface area (Å²) in [6.45, 7) is 0. The molecule has 0 unspecified atom stereocenters. The first-order valence-electron chi connectivity index (χ1n) is 5.17. The molecule has 2 aromatic rings. The van der Waals surface area contributed by atoms with E-state index in [1.807, 2.05) is 0 Å². The summed E-state index contributed by atoms with van der Waals surface area (Å²) < 4.78 is 6.18. The SMILES string of the molecule is COc1cc(-n2cc(C#N)c(=O)[nH]c2=O)ccc1Cl. The van der Waals surface area contributed by atoms with E-state index in [2.05, 4.69) is 4.98 Å². The zero-order chi connectivity index (χ0) is 14.0. The minimum atomic E-state index is -0.718. The Hall–Kier alpha value is -2.52. The van der Waals surface area contributed by atoms with E-state index in [4.69, 9.17) is 21.6 Å². The number of methoxy groups -OCH3 is 1. The van der Waals surface area contributed by atoms with Crippen molar-refractivity contribution in [1.29, 1.82) is 5.26 Å². The molecule has 96 valence electrons. The zero-order valence-electron chi connectivity index (χ0n) is 9.81. The molecule has 0 saturated heterocycles. The first kappa shape index (κ1) is 12.9. The molecule has 0 fully saturated rings. The molecule has 0 saturated carbocycles. The van der Waals surface area contributed by atoms with Crippen LogP contribution in [-0.2, 0) is 0 Å². The molecule has 0 spiro atoms. The van der Waals surface area contributed by atoms with E-state index in [0.717, 1.165) is 4.57 Å². The molecule has 0 amide bonds. The van der Waals surface area contributed by atoms with Crippen molar-refractivity contribution in [3.63, 3.8) is 0 Å². The van der Waals surface area contributed by atoms with Gasteiger partial charge in [-0.25, -0.2) is 4.79 Å². The maximum atomic E-state index is 11.7. The van der Waals surface area contributed by atoms with Crippen molar-refractivity contribution in [3.8, 4) is 17.5 Å². The largest absolute Gasteiger partial charge is 0.495 e. The normalized spacial score (nSPS) is 9.95. The monoisotopic (exact) mass is 277 g/mol. The molecule has 1 aromatic heterocycles. The number of hydrogen-bond donors (Lipinski definition) is 1. The number of aromatic nitrogens is 2. The number of aromatic amines is 1. The fourth-order valence-electron chi connectivity index (χ4n) is 1.54. The molecule has 0 bridgehead atoms. The van der Waals surface area contributed by atoms with Gasteiger partial charge in [-0.3, -0.25) is 14.3 Å². The molecule has 1 N–H and O–H groups in total. The molecule has 19 heavy (non-hydrogen) atoms. The van der Waals surface area contributed by atoms with Crippen molar-refractivity contribution < 1.29 is 4.74 Å². The molecule has 1 heterocycles. The van der Waals surface area contributed by atoms with Crippen molar-refractivity contribution >= 4 is 11.6 Å². The maximum absolute atomic E-state index is 11.7. The van der Waals surface area contributed by atoms with Gasteiger partial charge in [0.15, 0.2) is 0 Å². The van der Waals surface area contributed by atoms with Gasteiger partial charge in [0, 0.05) is 12.3 Å². The van der Waals surface area contributed by atoms with E-state index >= 15 is 0 Å². The Balaban J connectivity index is 2.69. The van der Waals surface area contributed by atoms with E-state index in [-0.39, 0.29) is 5.56 Å². The van der Waals surface area contributed by atoms with Crippen LogP contribution in [0.2, 0.25) is 5.02 Å². The third-order valence-electron chi connectivity index (χ3n) is 2.48. The average molecular weight is 278 g/mol. The average Bonchev–Trinajstić information content (AvgIpc) is 2.40. The Labute approximate surface area is 112 Å². The second kappa shape index (κ2) is 5.00. The van der Waals surface area contributed by atoms with Gasteiger partial charge in [-0.1, -0.05) is 11.6 Å². The predicted octanol–water partition coefficient (Wildman–Crippen LogP) is 1.06. The predicted molar refractivity (Wildman–Crippen MR) is 68.9 cm³/mol. The molecule has 0 aliphatic heterocycles. The number of nitrogens with one attached hydrogen (secondary N) is 1. The summed E-state index contributed by atoms with van der Waals surface area (Å²) in [5.74, 6) is 0.385. The molecule has 2 rings (SSSR count). The summed E-state index contributed by atoms with van der Waals surface area (Å²) in [6.07, 6.45) is 1.17. The standard InChI is InChI=1S/C12H8ClN3O3/c1-19-10-4-8(2-3-9(10)13)16-6-7(5-14)11(17)15-12(16)18/h2-4,6H,1H3,(H,15,17,18). The summed E-state index contributed by atoms with van der Waals surface area (Å²) in [5, 5.41) is 9.19. The first-order valence-corrected chi connectivity index (χ1v) is 5.54. The number of H-pyrrole nitrogens is 1. The molecule has 7 heteroatoms. The lowest BCUT2D eigenvalue weighted by Gasteiger charge is -2.08. The van der Waals surface area contributed by atoms with Gasteiger partial charge in [0.1, 0.15) is 17.4 Å². The number of nitriles is 1. The Morgan fingerprint density at radius 3 is 2.79 bits per heavy atom. The van der Waals surface area contributed by atoms with Crippen LogP contribution in [-0.4, -0.2) is 16.7 Å². The topological polar surface area (TPSA) is 87.9 Å². The summed E-state index contributed by atoms with van der Waals surface area (Å²) >= 11 is 5.88. The van der Waals surface area contributed by atoms with Crippen LogP contribution >= 0.6 is 11.6 Å². The van der Waals surface area contributed by atoms with Crippen molar-refractivity contribution in [2.45, 2.75) is 0 Å². The molecule has 6 nitrogen and oxygen atoms in total. The number of rotatable bonds is 2. The first-order chi connectivity index (χ1) is 9.06. The third-order valence-corrected chi connectivity index (χ3v) is 2.79. The number of benzene rings is 1. The molecule has 0 atom stereocenters. The van der Waals surface area contributed by atoms with E-state index in [1.165, 1.54) is 19.4 Å². The van der Waals surface area contributed by atoms with Crippen molar-refractivity contribution in [3.05, 3.63) is 55.8 Å². The minimum absolute atomic E-state index is 0.159. The van der Waals surface area contributed by atoms with E-state index in [1.54, 1.807) is 18.2 Å². The number of nitrogens with zero attached hydrogens (tertiary/aromatic N) is 2. The van der Waals surface area contributed by atoms with E-state index < -0.39 is 11.2 Å². The van der Waals surface area contributed by atoms with Crippen LogP contribution in [0, 0.1) is 11.3 Å². The Kier molecular flexibility index (Phi) is 3.40. The smallest absolute Gasteiger partial charge is 0.332 e. The lowest BCUT2D eigenvalue weighted by molar-refractivity contribution is 0.415. The highest BCUT2D eigenvalue weighted by molar-refractivity contribution is 6.32. The van der Waals surface area contributed by atoms with Gasteiger partial charge in [-0.15, -0.1) is 0 Å². The van der Waals surface area contributed by atoms with Gasteiger partial charge in [0.2, 0.25) is 0 Å². The lowest BCUT2D eigenvalue weighted by Crippen LogP contribution is -2.30. The maximum Gasteiger partial charge on any atom is 0.332 e. The summed E-state index contributed by atoms with van der Waals surface area (Å²) in [5.41, 5.74) is -1.09. The van der Waals surface area contributed by atoms with E-state index in [9.17, 15) is 9.59 Å². The van der Waals surface area contributed by atoms with E-state index in [0.29, 0.717) is 16.5 Å². The Morgan fingerprint density at radius 1 is 1.42 bits per heavy atom. The molecular weight excluding hydrogens is 270 g/mol. The van der Waals surface area contributed by atoms with Crippen LogP contribution in [0.25, 0.3) is 5.69 Å². The summed E-state index contributed by atoms with van der Waals surface area (Å²) in [6, 6.07) is 6.37. The number of halogens is 1. The second-order valence-corrected chi connectivity index (χ2v) is 4.01. The van der Waals surface area contributed by atoms with Crippen molar-refractivity contribution in [2.75, 3.05) is 7.11 Å². The Morgan fingerprint density at radius 2 is 2.16 bits per heavy atom. The van der Waals surface area contributed by atoms with Crippen LogP contribution in [0.3, 0.4) is 0 Å². The van der Waals surface area contributed by atoms with Crippen LogP contribution in [0.5, 0.6) is 5.75 Å². The third kappa shape index (κ3) is 2.37. The highest BCUT2D eigenvalue weighted by atomic mass is 35.5. The summed E-state index contributed by atoms with van der Waals surface area (Å²) in [7, 11) is 1.45. The van der Waals surface area contributed by atoms with Crippen LogP contribution in [0.4, 0.5) is 0 Å². The molecule has 0 radical (unpaired) electrons.